The minimum absolute atomic E-state index is 0.167. The van der Waals surface area contributed by atoms with Crippen LogP contribution >= 0.6 is 0 Å². The van der Waals surface area contributed by atoms with Gasteiger partial charge in [-0.05, 0) is 20.8 Å². The average molecular weight is 164 g/mol. The minimum Gasteiger partial charge on any atom is -0.394 e. The van der Waals surface area contributed by atoms with Crippen LogP contribution in [0.1, 0.15) is 27.7 Å². The summed E-state index contributed by atoms with van der Waals surface area (Å²) in [6, 6.07) is 0. The zero-order chi connectivity index (χ0) is 9.28. The highest BCUT2D eigenvalue weighted by molar-refractivity contribution is 5.65. The third-order valence-corrected chi connectivity index (χ3v) is 0.294. The minimum atomic E-state index is -0.415. The smallest absolute Gasteiger partial charge is 0.339 e. The molecule has 4 nitrogen and oxygen atoms in total. The second-order valence-corrected chi connectivity index (χ2v) is 2.08. The van der Waals surface area contributed by atoms with E-state index in [9.17, 15) is 4.79 Å². The third kappa shape index (κ3) is 44.6. The molecule has 68 valence electrons. The Kier molecular flexibility index (Phi) is 11.1. The summed E-state index contributed by atoms with van der Waals surface area (Å²) in [5, 5.41) is 8.06. The van der Waals surface area contributed by atoms with Crippen molar-refractivity contribution in [2.45, 2.75) is 33.8 Å². The lowest BCUT2D eigenvalue weighted by Gasteiger charge is -1.92. The van der Waals surface area contributed by atoms with Gasteiger partial charge in [-0.15, -0.1) is 0 Å². The largest absolute Gasteiger partial charge is 0.394 e. The number of carbonyl (C=O) groups excluding carboxylic acids is 1. The van der Waals surface area contributed by atoms with E-state index in [1.54, 1.807) is 20.8 Å². The van der Waals surface area contributed by atoms with Gasteiger partial charge < -0.3 is 5.11 Å². The van der Waals surface area contributed by atoms with E-state index in [1.165, 1.54) is 6.92 Å². The van der Waals surface area contributed by atoms with Crippen LogP contribution in [-0.2, 0) is 14.6 Å². The van der Waals surface area contributed by atoms with E-state index in [4.69, 9.17) is 5.11 Å². The van der Waals surface area contributed by atoms with Crippen molar-refractivity contribution in [3.63, 3.8) is 0 Å². The Morgan fingerprint density at radius 3 is 2.00 bits per heavy atom. The molecule has 0 aromatic heterocycles. The zero-order valence-electron chi connectivity index (χ0n) is 7.46. The molecule has 0 unspecified atom stereocenters. The van der Waals surface area contributed by atoms with Crippen LogP contribution in [0, 0.1) is 0 Å². The van der Waals surface area contributed by atoms with Crippen LogP contribution in [0.15, 0.2) is 0 Å². The molecule has 1 N–H and O–H groups in total. The standard InChI is InChI=1S/C4H8O3.C3H8O/c1-3-6-7-4(2)5;1-3(2)4/h3H2,1-2H3;3-4H,1-2H3. The third-order valence-electron chi connectivity index (χ3n) is 0.294. The van der Waals surface area contributed by atoms with Gasteiger partial charge in [0.25, 0.3) is 0 Å². The molecule has 0 fully saturated rings. The number of hydrogen-bond donors (Lipinski definition) is 1. The van der Waals surface area contributed by atoms with Gasteiger partial charge >= 0.3 is 5.97 Å². The Bertz CT molecular complexity index is 87.7. The van der Waals surface area contributed by atoms with Gasteiger partial charge in [0.05, 0.1) is 6.61 Å². The molecule has 0 saturated heterocycles. The lowest BCUT2D eigenvalue weighted by molar-refractivity contribution is -0.267. The fraction of sp³-hybridized carbons (Fsp3) is 0.857. The molecule has 0 aliphatic carbocycles. The molecular formula is C7H16O4. The van der Waals surface area contributed by atoms with Crippen molar-refractivity contribution in [3.05, 3.63) is 0 Å². The van der Waals surface area contributed by atoms with E-state index in [-0.39, 0.29) is 6.10 Å². The Morgan fingerprint density at radius 2 is 1.91 bits per heavy atom. The molecule has 4 heteroatoms. The summed E-state index contributed by atoms with van der Waals surface area (Å²) in [6.45, 7) is 6.87. The monoisotopic (exact) mass is 164 g/mol. The van der Waals surface area contributed by atoms with E-state index in [0.29, 0.717) is 6.61 Å². The Labute approximate surface area is 67.0 Å². The molecule has 0 aliphatic heterocycles. The van der Waals surface area contributed by atoms with Crippen molar-refractivity contribution in [1.82, 2.24) is 0 Å². The second kappa shape index (κ2) is 9.39. The van der Waals surface area contributed by atoms with Crippen molar-refractivity contribution in [3.8, 4) is 0 Å². The molecule has 0 aliphatic rings. The van der Waals surface area contributed by atoms with Gasteiger partial charge in [0.2, 0.25) is 0 Å². The molecule has 0 atom stereocenters. The van der Waals surface area contributed by atoms with Crippen LogP contribution in [0.3, 0.4) is 0 Å². The van der Waals surface area contributed by atoms with Gasteiger partial charge in [0.15, 0.2) is 0 Å². The van der Waals surface area contributed by atoms with E-state index in [2.05, 4.69) is 9.78 Å². The maximum Gasteiger partial charge on any atom is 0.339 e. The van der Waals surface area contributed by atoms with E-state index < -0.39 is 5.97 Å². The van der Waals surface area contributed by atoms with Crippen LogP contribution in [0.4, 0.5) is 0 Å². The fourth-order valence-electron chi connectivity index (χ4n) is 0.142. The van der Waals surface area contributed by atoms with E-state index >= 15 is 0 Å². The highest BCUT2D eigenvalue weighted by Crippen LogP contribution is 1.75. The molecule has 0 rings (SSSR count). The predicted molar refractivity (Wildman–Crippen MR) is 40.7 cm³/mol. The molecular weight excluding hydrogens is 148 g/mol. The highest BCUT2D eigenvalue weighted by Gasteiger charge is 1.86. The van der Waals surface area contributed by atoms with Crippen LogP contribution in [-0.4, -0.2) is 23.8 Å². The topological polar surface area (TPSA) is 55.8 Å². The zero-order valence-corrected chi connectivity index (χ0v) is 7.46. The van der Waals surface area contributed by atoms with Crippen molar-refractivity contribution >= 4 is 5.97 Å². The second-order valence-electron chi connectivity index (χ2n) is 2.08. The summed E-state index contributed by atoms with van der Waals surface area (Å²) in [4.78, 5) is 18.2. The van der Waals surface area contributed by atoms with Crippen molar-refractivity contribution in [1.29, 1.82) is 0 Å². The summed E-state index contributed by atoms with van der Waals surface area (Å²) in [5.74, 6) is -0.415. The summed E-state index contributed by atoms with van der Waals surface area (Å²) in [7, 11) is 0. The molecule has 0 heterocycles. The van der Waals surface area contributed by atoms with Crippen molar-refractivity contribution in [2.75, 3.05) is 6.61 Å². The Balaban J connectivity index is 0. The quantitative estimate of drug-likeness (QED) is 0.486. The van der Waals surface area contributed by atoms with Gasteiger partial charge in [-0.1, -0.05) is 0 Å². The maximum absolute atomic E-state index is 9.86. The Hall–Kier alpha value is -0.610. The first-order valence-corrected chi connectivity index (χ1v) is 3.48. The van der Waals surface area contributed by atoms with Gasteiger partial charge in [0, 0.05) is 13.0 Å². The van der Waals surface area contributed by atoms with Crippen molar-refractivity contribution < 1.29 is 19.7 Å². The van der Waals surface area contributed by atoms with E-state index in [0.717, 1.165) is 0 Å². The highest BCUT2D eigenvalue weighted by atomic mass is 17.2. The van der Waals surface area contributed by atoms with Crippen LogP contribution in [0.2, 0.25) is 0 Å². The lowest BCUT2D eigenvalue weighted by Crippen LogP contribution is -1.98. The average Bonchev–Trinajstić information content (AvgIpc) is 1.82. The van der Waals surface area contributed by atoms with Crippen LogP contribution in [0.5, 0.6) is 0 Å². The normalized spacial score (nSPS) is 8.55. The molecule has 0 amide bonds. The molecule has 0 saturated carbocycles. The Morgan fingerprint density at radius 1 is 1.55 bits per heavy atom. The van der Waals surface area contributed by atoms with Crippen molar-refractivity contribution in [2.24, 2.45) is 0 Å². The van der Waals surface area contributed by atoms with Gasteiger partial charge in [-0.3, -0.25) is 4.89 Å². The molecule has 0 spiro atoms. The first-order valence-electron chi connectivity index (χ1n) is 3.48. The molecule has 0 aromatic carbocycles. The van der Waals surface area contributed by atoms with Crippen LogP contribution < -0.4 is 0 Å². The van der Waals surface area contributed by atoms with Gasteiger partial charge in [-0.25, -0.2) is 4.79 Å². The summed E-state index contributed by atoms with van der Waals surface area (Å²) < 4.78 is 0. The SMILES string of the molecule is CC(C)O.CCOOC(C)=O. The summed E-state index contributed by atoms with van der Waals surface area (Å²) in [6.07, 6.45) is -0.167. The number of carbonyl (C=O) groups is 1. The first kappa shape index (κ1) is 13.0. The molecule has 0 aromatic rings. The molecule has 0 bridgehead atoms. The number of aliphatic hydroxyl groups excluding tert-OH is 1. The fourth-order valence-corrected chi connectivity index (χ4v) is 0.142. The molecule has 11 heavy (non-hydrogen) atoms. The molecule has 0 radical (unpaired) electrons. The van der Waals surface area contributed by atoms with Gasteiger partial charge in [0.1, 0.15) is 0 Å². The number of aliphatic hydroxyl groups is 1. The first-order chi connectivity index (χ1) is 5.00. The summed E-state index contributed by atoms with van der Waals surface area (Å²) in [5.41, 5.74) is 0. The number of rotatable bonds is 2. The maximum atomic E-state index is 9.86. The predicted octanol–water partition coefficient (Wildman–Crippen LogP) is 0.888. The lowest BCUT2D eigenvalue weighted by atomic mass is 10.5. The summed E-state index contributed by atoms with van der Waals surface area (Å²) >= 11 is 0. The van der Waals surface area contributed by atoms with Crippen LogP contribution in [0.25, 0.3) is 0 Å². The van der Waals surface area contributed by atoms with Gasteiger partial charge in [-0.2, -0.15) is 4.89 Å². The van der Waals surface area contributed by atoms with E-state index in [1.807, 2.05) is 0 Å². The number of hydrogen-bond acceptors (Lipinski definition) is 4.